The Labute approximate surface area is 115 Å². The molecule has 4 N–H and O–H groups in total. The number of anilines is 2. The molecule has 0 saturated heterocycles. The van der Waals surface area contributed by atoms with Crippen LogP contribution in [0.2, 0.25) is 0 Å². The number of aryl methyl sites for hydroxylation is 1. The Morgan fingerprint density at radius 2 is 2.32 bits per heavy atom. The average molecular weight is 277 g/mol. The number of carbonyl (C=O) groups excluding carboxylic acids is 1. The number of thiazole rings is 1. The topological polar surface area (TPSA) is 88.2 Å². The molecule has 1 amide bonds. The van der Waals surface area contributed by atoms with E-state index in [1.165, 1.54) is 11.3 Å². The van der Waals surface area contributed by atoms with E-state index in [4.69, 9.17) is 10.8 Å². The van der Waals surface area contributed by atoms with Gasteiger partial charge in [-0.1, -0.05) is 12.1 Å². The van der Waals surface area contributed by atoms with Crippen LogP contribution in [-0.2, 0) is 6.42 Å². The van der Waals surface area contributed by atoms with Crippen LogP contribution in [0.25, 0.3) is 0 Å². The molecule has 0 saturated carbocycles. The van der Waals surface area contributed by atoms with Gasteiger partial charge >= 0.3 is 0 Å². The van der Waals surface area contributed by atoms with Gasteiger partial charge in [0.1, 0.15) is 5.69 Å². The zero-order chi connectivity index (χ0) is 13.7. The summed E-state index contributed by atoms with van der Waals surface area (Å²) >= 11 is 1.24. The van der Waals surface area contributed by atoms with Crippen molar-refractivity contribution in [3.8, 4) is 0 Å². The van der Waals surface area contributed by atoms with Crippen molar-refractivity contribution < 1.29 is 9.90 Å². The Morgan fingerprint density at radius 3 is 3.00 bits per heavy atom. The van der Waals surface area contributed by atoms with E-state index in [1.807, 2.05) is 24.3 Å². The van der Waals surface area contributed by atoms with Crippen LogP contribution in [0.15, 0.2) is 29.6 Å². The van der Waals surface area contributed by atoms with Gasteiger partial charge < -0.3 is 16.2 Å². The maximum absolute atomic E-state index is 11.9. The first-order valence-electron chi connectivity index (χ1n) is 5.91. The minimum absolute atomic E-state index is 0.161. The molecule has 1 aromatic heterocycles. The lowest BCUT2D eigenvalue weighted by Crippen LogP contribution is -2.12. The molecule has 6 heteroatoms. The zero-order valence-corrected chi connectivity index (χ0v) is 11.1. The number of amides is 1. The third-order valence-electron chi connectivity index (χ3n) is 2.56. The number of aromatic nitrogens is 1. The Bertz CT molecular complexity index is 569. The lowest BCUT2D eigenvalue weighted by atomic mass is 10.1. The first-order chi connectivity index (χ1) is 9.19. The molecule has 0 aliphatic carbocycles. The van der Waals surface area contributed by atoms with Crippen LogP contribution in [-0.4, -0.2) is 22.6 Å². The predicted molar refractivity (Wildman–Crippen MR) is 76.3 cm³/mol. The molecular formula is C13H15N3O2S. The van der Waals surface area contributed by atoms with Crippen LogP contribution in [0.5, 0.6) is 0 Å². The van der Waals surface area contributed by atoms with Gasteiger partial charge in [0.15, 0.2) is 5.13 Å². The van der Waals surface area contributed by atoms with Gasteiger partial charge in [-0.2, -0.15) is 0 Å². The number of nitrogens with one attached hydrogen (secondary N) is 1. The minimum Gasteiger partial charge on any atom is -0.396 e. The fraction of sp³-hybridized carbons (Fsp3) is 0.231. The van der Waals surface area contributed by atoms with E-state index in [2.05, 4.69) is 10.3 Å². The number of nitrogen functional groups attached to an aromatic ring is 1. The summed E-state index contributed by atoms with van der Waals surface area (Å²) in [4.78, 5) is 15.8. The molecule has 0 bridgehead atoms. The second kappa shape index (κ2) is 6.31. The van der Waals surface area contributed by atoms with Gasteiger partial charge in [-0.25, -0.2) is 4.98 Å². The lowest BCUT2D eigenvalue weighted by molar-refractivity contribution is 0.102. The maximum Gasteiger partial charge on any atom is 0.275 e. The quantitative estimate of drug-likeness (QED) is 0.779. The van der Waals surface area contributed by atoms with Crippen molar-refractivity contribution in [2.24, 2.45) is 0 Å². The first kappa shape index (κ1) is 13.5. The highest BCUT2D eigenvalue weighted by Gasteiger charge is 2.09. The normalized spacial score (nSPS) is 10.4. The molecule has 0 spiro atoms. The van der Waals surface area contributed by atoms with Gasteiger partial charge in [0, 0.05) is 17.7 Å². The van der Waals surface area contributed by atoms with Crippen molar-refractivity contribution >= 4 is 28.1 Å². The Kier molecular flexibility index (Phi) is 4.48. The largest absolute Gasteiger partial charge is 0.396 e. The molecule has 100 valence electrons. The van der Waals surface area contributed by atoms with Crippen LogP contribution in [0.1, 0.15) is 22.5 Å². The molecule has 19 heavy (non-hydrogen) atoms. The second-order valence-corrected chi connectivity index (χ2v) is 4.94. The van der Waals surface area contributed by atoms with Gasteiger partial charge in [-0.15, -0.1) is 11.3 Å². The van der Waals surface area contributed by atoms with E-state index in [0.717, 1.165) is 12.0 Å². The van der Waals surface area contributed by atoms with E-state index < -0.39 is 0 Å². The van der Waals surface area contributed by atoms with Crippen LogP contribution < -0.4 is 11.1 Å². The zero-order valence-electron chi connectivity index (χ0n) is 10.3. The number of hydrogen-bond donors (Lipinski definition) is 3. The van der Waals surface area contributed by atoms with Gasteiger partial charge in [-0.3, -0.25) is 4.79 Å². The minimum atomic E-state index is -0.271. The fourth-order valence-corrected chi connectivity index (χ4v) is 2.22. The first-order valence-corrected chi connectivity index (χ1v) is 6.79. The standard InChI is InChI=1S/C13H15N3O2S/c14-13-16-11(8-19-13)12(18)15-10-5-1-3-9(7-10)4-2-6-17/h1,3,5,7-8,17H,2,4,6H2,(H2,14,16)(H,15,18). The number of nitrogens with zero attached hydrogens (tertiary/aromatic N) is 1. The predicted octanol–water partition coefficient (Wildman–Crippen LogP) is 1.90. The van der Waals surface area contributed by atoms with Crippen LogP contribution in [0, 0.1) is 0 Å². The summed E-state index contributed by atoms with van der Waals surface area (Å²) in [6.07, 6.45) is 1.49. The summed E-state index contributed by atoms with van der Waals surface area (Å²) in [6, 6.07) is 7.54. The molecule has 0 aliphatic heterocycles. The van der Waals surface area contributed by atoms with Crippen molar-refractivity contribution in [1.29, 1.82) is 0 Å². The van der Waals surface area contributed by atoms with Gasteiger partial charge in [-0.05, 0) is 30.5 Å². The number of nitrogens with two attached hydrogens (primary N) is 1. The molecule has 2 aromatic rings. The molecule has 0 aliphatic rings. The van der Waals surface area contributed by atoms with Crippen molar-refractivity contribution in [3.05, 3.63) is 40.9 Å². The van der Waals surface area contributed by atoms with Gasteiger partial charge in [0.25, 0.3) is 5.91 Å². The average Bonchev–Trinajstić information content (AvgIpc) is 2.83. The molecule has 0 unspecified atom stereocenters. The van der Waals surface area contributed by atoms with E-state index in [9.17, 15) is 4.79 Å². The Morgan fingerprint density at radius 1 is 1.47 bits per heavy atom. The monoisotopic (exact) mass is 277 g/mol. The van der Waals surface area contributed by atoms with Crippen molar-refractivity contribution in [2.45, 2.75) is 12.8 Å². The van der Waals surface area contributed by atoms with E-state index in [0.29, 0.717) is 22.9 Å². The number of aliphatic hydroxyl groups excluding tert-OH is 1. The highest BCUT2D eigenvalue weighted by Crippen LogP contribution is 2.15. The number of carbonyl (C=O) groups is 1. The third-order valence-corrected chi connectivity index (χ3v) is 3.24. The van der Waals surface area contributed by atoms with Gasteiger partial charge in [0.05, 0.1) is 0 Å². The Hall–Kier alpha value is -1.92. The van der Waals surface area contributed by atoms with E-state index in [1.54, 1.807) is 5.38 Å². The summed E-state index contributed by atoms with van der Waals surface area (Å²) < 4.78 is 0. The highest BCUT2D eigenvalue weighted by atomic mass is 32.1. The van der Waals surface area contributed by atoms with Crippen LogP contribution >= 0.6 is 11.3 Å². The third kappa shape index (κ3) is 3.77. The Balaban J connectivity index is 2.04. The number of rotatable bonds is 5. The summed E-state index contributed by atoms with van der Waals surface area (Å²) in [5.41, 5.74) is 7.60. The SMILES string of the molecule is Nc1nc(C(=O)Nc2cccc(CCCO)c2)cs1. The van der Waals surface area contributed by atoms with Gasteiger partial charge in [0.2, 0.25) is 0 Å². The fourth-order valence-electron chi connectivity index (χ4n) is 1.67. The molecular weight excluding hydrogens is 262 g/mol. The van der Waals surface area contributed by atoms with Crippen molar-refractivity contribution in [2.75, 3.05) is 17.7 Å². The molecule has 1 aromatic carbocycles. The van der Waals surface area contributed by atoms with Crippen molar-refractivity contribution in [3.63, 3.8) is 0 Å². The van der Waals surface area contributed by atoms with E-state index >= 15 is 0 Å². The molecule has 1 heterocycles. The second-order valence-electron chi connectivity index (χ2n) is 4.05. The van der Waals surface area contributed by atoms with E-state index in [-0.39, 0.29) is 12.5 Å². The van der Waals surface area contributed by atoms with Crippen LogP contribution in [0.3, 0.4) is 0 Å². The number of hydrogen-bond acceptors (Lipinski definition) is 5. The summed E-state index contributed by atoms with van der Waals surface area (Å²) in [7, 11) is 0. The van der Waals surface area contributed by atoms with Crippen molar-refractivity contribution in [1.82, 2.24) is 4.98 Å². The smallest absolute Gasteiger partial charge is 0.275 e. The highest BCUT2D eigenvalue weighted by molar-refractivity contribution is 7.13. The lowest BCUT2D eigenvalue weighted by Gasteiger charge is -2.06. The number of aliphatic hydroxyl groups is 1. The summed E-state index contributed by atoms with van der Waals surface area (Å²) in [5, 5.41) is 13.6. The summed E-state index contributed by atoms with van der Waals surface area (Å²) in [5.74, 6) is -0.271. The number of benzene rings is 1. The summed E-state index contributed by atoms with van der Waals surface area (Å²) in [6.45, 7) is 0.161. The molecule has 5 nitrogen and oxygen atoms in total. The maximum atomic E-state index is 11.9. The molecule has 0 atom stereocenters. The molecule has 0 fully saturated rings. The van der Waals surface area contributed by atoms with Crippen LogP contribution in [0.4, 0.5) is 10.8 Å². The molecule has 0 radical (unpaired) electrons. The molecule has 2 rings (SSSR count).